The zero-order chi connectivity index (χ0) is 15.2. The number of halogens is 1. The first kappa shape index (κ1) is 14.1. The van der Waals surface area contributed by atoms with Crippen LogP contribution in [0, 0.1) is 5.82 Å². The molecule has 0 heterocycles. The van der Waals surface area contributed by atoms with E-state index in [4.69, 9.17) is 4.74 Å². The lowest BCUT2D eigenvalue weighted by atomic mass is 10.1. The first-order valence-electron chi connectivity index (χ1n) is 7.07. The maximum Gasteiger partial charge on any atom is 0.135 e. The van der Waals surface area contributed by atoms with E-state index in [2.05, 4.69) is 0 Å². The van der Waals surface area contributed by atoms with Crippen LogP contribution in [-0.2, 0) is 0 Å². The van der Waals surface area contributed by atoms with Crippen LogP contribution in [0.2, 0.25) is 0 Å². The van der Waals surface area contributed by atoms with Gasteiger partial charge in [-0.15, -0.1) is 0 Å². The van der Waals surface area contributed by atoms with Crippen LogP contribution in [0.25, 0.3) is 11.8 Å². The third-order valence-electron chi connectivity index (χ3n) is 3.18. The molecule has 0 spiro atoms. The standard InChI is InChI=1S/C20H15FO/c21-18-12-7-13-19(15-18)22-20(17-10-5-2-6-11-17)14-16-8-3-1-4-9-16/h1-15H/b20-14-. The SMILES string of the molecule is Fc1cccc(O/C(=C\c2ccccc2)c2ccccc2)c1. The molecule has 22 heavy (non-hydrogen) atoms. The van der Waals surface area contributed by atoms with E-state index in [9.17, 15) is 4.39 Å². The highest BCUT2D eigenvalue weighted by Gasteiger charge is 2.05. The molecule has 0 unspecified atom stereocenters. The summed E-state index contributed by atoms with van der Waals surface area (Å²) in [7, 11) is 0. The fourth-order valence-electron chi connectivity index (χ4n) is 2.13. The Kier molecular flexibility index (Phi) is 4.30. The number of benzene rings is 3. The topological polar surface area (TPSA) is 9.23 Å². The lowest BCUT2D eigenvalue weighted by Gasteiger charge is -2.11. The van der Waals surface area contributed by atoms with Crippen molar-refractivity contribution >= 4 is 11.8 Å². The van der Waals surface area contributed by atoms with Gasteiger partial charge in [0.1, 0.15) is 17.3 Å². The van der Waals surface area contributed by atoms with Gasteiger partial charge in [0.2, 0.25) is 0 Å². The van der Waals surface area contributed by atoms with E-state index in [1.54, 1.807) is 12.1 Å². The van der Waals surface area contributed by atoms with Crippen LogP contribution in [0.4, 0.5) is 4.39 Å². The molecule has 3 aromatic rings. The van der Waals surface area contributed by atoms with Crippen molar-refractivity contribution in [2.24, 2.45) is 0 Å². The summed E-state index contributed by atoms with van der Waals surface area (Å²) in [6, 6.07) is 25.8. The Morgan fingerprint density at radius 2 is 1.45 bits per heavy atom. The smallest absolute Gasteiger partial charge is 0.135 e. The molecule has 2 heteroatoms. The molecule has 0 fully saturated rings. The number of ether oxygens (including phenoxy) is 1. The molecule has 0 saturated heterocycles. The molecule has 0 atom stereocenters. The van der Waals surface area contributed by atoms with Crippen LogP contribution in [0.1, 0.15) is 11.1 Å². The van der Waals surface area contributed by atoms with E-state index in [1.807, 2.05) is 66.7 Å². The average Bonchev–Trinajstić information content (AvgIpc) is 2.56. The summed E-state index contributed by atoms with van der Waals surface area (Å²) >= 11 is 0. The quantitative estimate of drug-likeness (QED) is 0.461. The Morgan fingerprint density at radius 3 is 2.14 bits per heavy atom. The molecule has 1 nitrogen and oxygen atoms in total. The Bertz CT molecular complexity index is 764. The first-order chi connectivity index (χ1) is 10.8. The monoisotopic (exact) mass is 290 g/mol. The minimum absolute atomic E-state index is 0.315. The van der Waals surface area contributed by atoms with E-state index >= 15 is 0 Å². The van der Waals surface area contributed by atoms with Crippen molar-refractivity contribution < 1.29 is 9.13 Å². The lowest BCUT2D eigenvalue weighted by molar-refractivity contribution is 0.510. The van der Waals surface area contributed by atoms with Crippen molar-refractivity contribution in [3.63, 3.8) is 0 Å². The lowest BCUT2D eigenvalue weighted by Crippen LogP contribution is -1.95. The van der Waals surface area contributed by atoms with Gasteiger partial charge in [-0.3, -0.25) is 0 Å². The summed E-state index contributed by atoms with van der Waals surface area (Å²) in [5.74, 6) is 0.841. The minimum Gasteiger partial charge on any atom is -0.457 e. The molecule has 3 aromatic carbocycles. The second-order valence-electron chi connectivity index (χ2n) is 4.84. The predicted octanol–water partition coefficient (Wildman–Crippen LogP) is 5.40. The Morgan fingerprint density at radius 1 is 0.773 bits per heavy atom. The van der Waals surface area contributed by atoms with Crippen LogP contribution in [0.3, 0.4) is 0 Å². The predicted molar refractivity (Wildman–Crippen MR) is 87.8 cm³/mol. The second kappa shape index (κ2) is 6.72. The zero-order valence-corrected chi connectivity index (χ0v) is 11.9. The van der Waals surface area contributed by atoms with Crippen molar-refractivity contribution in [1.29, 1.82) is 0 Å². The van der Waals surface area contributed by atoms with Gasteiger partial charge in [0.15, 0.2) is 0 Å². The van der Waals surface area contributed by atoms with Gasteiger partial charge in [-0.25, -0.2) is 4.39 Å². The van der Waals surface area contributed by atoms with Crippen LogP contribution in [-0.4, -0.2) is 0 Å². The molecule has 0 aromatic heterocycles. The summed E-state index contributed by atoms with van der Waals surface area (Å²) in [5.41, 5.74) is 1.97. The number of hydrogen-bond donors (Lipinski definition) is 0. The minimum atomic E-state index is -0.315. The van der Waals surface area contributed by atoms with Gasteiger partial charge < -0.3 is 4.74 Å². The molecule has 0 saturated carbocycles. The van der Waals surface area contributed by atoms with Gasteiger partial charge >= 0.3 is 0 Å². The molecule has 108 valence electrons. The maximum absolute atomic E-state index is 13.3. The van der Waals surface area contributed by atoms with E-state index in [0.717, 1.165) is 11.1 Å². The molecule has 0 bridgehead atoms. The molecule has 0 amide bonds. The molecule has 3 rings (SSSR count). The summed E-state index contributed by atoms with van der Waals surface area (Å²) in [6.07, 6.45) is 1.94. The Labute approximate surface area is 129 Å². The van der Waals surface area contributed by atoms with Crippen LogP contribution in [0.15, 0.2) is 84.9 Å². The highest BCUT2D eigenvalue weighted by Crippen LogP contribution is 2.23. The van der Waals surface area contributed by atoms with E-state index < -0.39 is 0 Å². The number of hydrogen-bond acceptors (Lipinski definition) is 1. The number of rotatable bonds is 4. The summed E-state index contributed by atoms with van der Waals surface area (Å²) < 4.78 is 19.3. The van der Waals surface area contributed by atoms with Gasteiger partial charge in [-0.05, 0) is 23.8 Å². The second-order valence-corrected chi connectivity index (χ2v) is 4.84. The largest absolute Gasteiger partial charge is 0.457 e. The highest BCUT2D eigenvalue weighted by atomic mass is 19.1. The maximum atomic E-state index is 13.3. The fourth-order valence-corrected chi connectivity index (χ4v) is 2.13. The van der Waals surface area contributed by atoms with Crippen LogP contribution < -0.4 is 4.74 Å². The average molecular weight is 290 g/mol. The van der Waals surface area contributed by atoms with Gasteiger partial charge in [-0.1, -0.05) is 66.7 Å². The normalized spacial score (nSPS) is 11.2. The van der Waals surface area contributed by atoms with Crippen molar-refractivity contribution in [3.8, 4) is 5.75 Å². The summed E-state index contributed by atoms with van der Waals surface area (Å²) in [4.78, 5) is 0. The van der Waals surface area contributed by atoms with E-state index in [1.165, 1.54) is 12.1 Å². The van der Waals surface area contributed by atoms with Crippen molar-refractivity contribution in [3.05, 3.63) is 102 Å². The van der Waals surface area contributed by atoms with Crippen LogP contribution in [0.5, 0.6) is 5.75 Å². The zero-order valence-electron chi connectivity index (χ0n) is 11.9. The van der Waals surface area contributed by atoms with Crippen LogP contribution >= 0.6 is 0 Å². The summed E-state index contributed by atoms with van der Waals surface area (Å²) in [5, 5.41) is 0. The molecular formula is C20H15FO. The molecule has 0 aliphatic heterocycles. The molecule has 0 aliphatic carbocycles. The highest BCUT2D eigenvalue weighted by molar-refractivity contribution is 5.78. The van der Waals surface area contributed by atoms with Gasteiger partial charge in [0, 0.05) is 11.6 Å². The van der Waals surface area contributed by atoms with Gasteiger partial charge in [0.25, 0.3) is 0 Å². The van der Waals surface area contributed by atoms with E-state index in [-0.39, 0.29) is 5.82 Å². The van der Waals surface area contributed by atoms with Crippen molar-refractivity contribution in [1.82, 2.24) is 0 Å². The first-order valence-corrected chi connectivity index (χ1v) is 7.07. The molecule has 0 aliphatic rings. The van der Waals surface area contributed by atoms with Crippen molar-refractivity contribution in [2.75, 3.05) is 0 Å². The van der Waals surface area contributed by atoms with E-state index in [0.29, 0.717) is 11.5 Å². The fraction of sp³-hybridized carbons (Fsp3) is 0. The molecule has 0 N–H and O–H groups in total. The molecular weight excluding hydrogens is 275 g/mol. The van der Waals surface area contributed by atoms with Gasteiger partial charge in [-0.2, -0.15) is 0 Å². The Balaban J connectivity index is 1.98. The Hall–Kier alpha value is -2.87. The van der Waals surface area contributed by atoms with Gasteiger partial charge in [0.05, 0.1) is 0 Å². The third kappa shape index (κ3) is 3.61. The van der Waals surface area contributed by atoms with Crippen molar-refractivity contribution in [2.45, 2.75) is 0 Å². The third-order valence-corrected chi connectivity index (χ3v) is 3.18. The summed E-state index contributed by atoms with van der Waals surface area (Å²) in [6.45, 7) is 0. The molecule has 0 radical (unpaired) electrons.